The van der Waals surface area contributed by atoms with Crippen LogP contribution in [-0.2, 0) is 0 Å². The van der Waals surface area contributed by atoms with Crippen LogP contribution in [0.4, 0.5) is 0 Å². The number of hydrogen-bond donors (Lipinski definition) is 1. The van der Waals surface area contributed by atoms with E-state index >= 15 is 0 Å². The van der Waals surface area contributed by atoms with Crippen LogP contribution in [0.3, 0.4) is 0 Å². The van der Waals surface area contributed by atoms with Crippen LogP contribution >= 0.6 is 54.4 Å². The number of phenolic OH excluding ortho intramolecular Hbond substituents is 1. The van der Waals surface area contributed by atoms with Crippen LogP contribution in [0.2, 0.25) is 0 Å². The summed E-state index contributed by atoms with van der Waals surface area (Å²) in [6.45, 7) is 0. The van der Waals surface area contributed by atoms with Crippen LogP contribution < -0.4 is 5.30 Å². The van der Waals surface area contributed by atoms with Gasteiger partial charge in [-0.3, -0.25) is 0 Å². The minimum absolute atomic E-state index is 0.201. The molecule has 19 heavy (non-hydrogen) atoms. The quantitative estimate of drug-likeness (QED) is 0.418. The molecule has 0 spiro atoms. The first-order chi connectivity index (χ1) is 9.04. The summed E-state index contributed by atoms with van der Waals surface area (Å²) in [5, 5.41) is 20.0. The number of aromatic nitrogens is 3. The summed E-state index contributed by atoms with van der Waals surface area (Å²) in [7, 11) is 2.64. The Hall–Kier alpha value is -0.470. The Bertz CT molecular complexity index is 788. The molecule has 0 aliphatic rings. The maximum absolute atomic E-state index is 10.1. The Morgan fingerprint density at radius 3 is 2.58 bits per heavy atom. The first-order valence-electron chi connectivity index (χ1n) is 5.35. The average molecular weight is 495 g/mol. The Balaban J connectivity index is 2.24. The van der Waals surface area contributed by atoms with Gasteiger partial charge in [-0.05, 0) is 74.8 Å². The standard InChI is InChI=1S/C12H8I2N3OP/c13-6-3-8(14)12(18)11(4-6)17-15-9-2-1-7(19)5-10(9)16-17/h1-5,18H,19H2. The van der Waals surface area contributed by atoms with Gasteiger partial charge in [-0.1, -0.05) is 6.07 Å². The third kappa shape index (κ3) is 2.57. The monoisotopic (exact) mass is 495 g/mol. The Labute approximate surface area is 139 Å². The van der Waals surface area contributed by atoms with Gasteiger partial charge in [0, 0.05) is 3.57 Å². The topological polar surface area (TPSA) is 50.9 Å². The molecule has 0 aliphatic heterocycles. The summed E-state index contributed by atoms with van der Waals surface area (Å²) >= 11 is 4.31. The smallest absolute Gasteiger partial charge is 0.156 e. The van der Waals surface area contributed by atoms with E-state index in [0.717, 1.165) is 23.5 Å². The zero-order valence-corrected chi connectivity index (χ0v) is 15.0. The highest BCUT2D eigenvalue weighted by Gasteiger charge is 2.12. The number of hydrogen-bond acceptors (Lipinski definition) is 3. The molecule has 0 saturated carbocycles. The van der Waals surface area contributed by atoms with E-state index in [1.165, 1.54) is 4.80 Å². The summed E-state index contributed by atoms with van der Waals surface area (Å²) in [6.07, 6.45) is 0. The Morgan fingerprint density at radius 1 is 1.05 bits per heavy atom. The van der Waals surface area contributed by atoms with Crippen molar-refractivity contribution in [1.82, 2.24) is 15.0 Å². The van der Waals surface area contributed by atoms with E-state index in [4.69, 9.17) is 0 Å². The normalized spacial score (nSPS) is 11.1. The minimum atomic E-state index is 0.201. The number of fused-ring (bicyclic) bond motifs is 1. The van der Waals surface area contributed by atoms with Crippen molar-refractivity contribution < 1.29 is 5.11 Å². The van der Waals surface area contributed by atoms with Gasteiger partial charge in [-0.25, -0.2) is 0 Å². The van der Waals surface area contributed by atoms with Crippen LogP contribution in [0, 0.1) is 7.14 Å². The van der Waals surface area contributed by atoms with Gasteiger partial charge in [0.05, 0.1) is 3.57 Å². The van der Waals surface area contributed by atoms with Gasteiger partial charge in [0.25, 0.3) is 0 Å². The summed E-state index contributed by atoms with van der Waals surface area (Å²) in [5.74, 6) is 0.201. The number of rotatable bonds is 1. The van der Waals surface area contributed by atoms with Gasteiger partial charge >= 0.3 is 0 Å². The number of phenols is 1. The van der Waals surface area contributed by atoms with Crippen molar-refractivity contribution in [2.24, 2.45) is 0 Å². The summed E-state index contributed by atoms with van der Waals surface area (Å²) in [5.41, 5.74) is 2.21. The molecule has 0 fully saturated rings. The molecule has 1 atom stereocenters. The SMILES string of the molecule is Oc1c(I)cc(I)cc1-n1nc2ccc(P)cc2n1. The van der Waals surface area contributed by atoms with E-state index in [1.807, 2.05) is 30.3 Å². The predicted octanol–water partition coefficient (Wildman–Crippen LogP) is 2.84. The first-order valence-corrected chi connectivity index (χ1v) is 8.09. The molecule has 1 N–H and O–H groups in total. The first kappa shape index (κ1) is 13.5. The van der Waals surface area contributed by atoms with E-state index < -0.39 is 0 Å². The molecule has 2 aromatic carbocycles. The van der Waals surface area contributed by atoms with E-state index in [1.54, 1.807) is 0 Å². The number of nitrogens with zero attached hydrogens (tertiary/aromatic N) is 3. The lowest BCUT2D eigenvalue weighted by Crippen LogP contribution is -2.00. The minimum Gasteiger partial charge on any atom is -0.505 e. The molecule has 3 aromatic rings. The molecule has 96 valence electrons. The molecule has 3 rings (SSSR count). The molecule has 0 saturated heterocycles. The van der Waals surface area contributed by atoms with E-state index in [9.17, 15) is 5.11 Å². The highest BCUT2D eigenvalue weighted by Crippen LogP contribution is 2.29. The van der Waals surface area contributed by atoms with Crippen LogP contribution in [0.25, 0.3) is 16.7 Å². The van der Waals surface area contributed by atoms with Gasteiger partial charge in [0.2, 0.25) is 0 Å². The molecular weight excluding hydrogens is 487 g/mol. The van der Waals surface area contributed by atoms with E-state index in [-0.39, 0.29) is 5.75 Å². The Morgan fingerprint density at radius 2 is 1.79 bits per heavy atom. The Kier molecular flexibility index (Phi) is 3.65. The zero-order chi connectivity index (χ0) is 13.6. The number of benzene rings is 2. The second-order valence-electron chi connectivity index (χ2n) is 3.99. The second-order valence-corrected chi connectivity index (χ2v) is 7.07. The van der Waals surface area contributed by atoms with Crippen molar-refractivity contribution >= 4 is 70.8 Å². The molecule has 0 amide bonds. The fourth-order valence-corrected chi connectivity index (χ4v) is 3.81. The third-order valence-corrected chi connectivity index (χ3v) is 4.43. The molecular formula is C12H8I2N3OP. The molecule has 4 nitrogen and oxygen atoms in total. The van der Waals surface area contributed by atoms with Crippen LogP contribution in [0.5, 0.6) is 5.75 Å². The highest BCUT2D eigenvalue weighted by molar-refractivity contribution is 14.1. The lowest BCUT2D eigenvalue weighted by atomic mass is 10.3. The van der Waals surface area contributed by atoms with Gasteiger partial charge in [0.15, 0.2) is 5.75 Å². The molecule has 0 radical (unpaired) electrons. The van der Waals surface area contributed by atoms with E-state index in [2.05, 4.69) is 64.6 Å². The second kappa shape index (κ2) is 5.14. The van der Waals surface area contributed by atoms with Crippen molar-refractivity contribution in [2.75, 3.05) is 0 Å². The average Bonchev–Trinajstić information content (AvgIpc) is 2.76. The van der Waals surface area contributed by atoms with Crippen LogP contribution in [0.1, 0.15) is 0 Å². The van der Waals surface area contributed by atoms with Gasteiger partial charge in [0.1, 0.15) is 16.7 Å². The summed E-state index contributed by atoms with van der Waals surface area (Å²) in [6, 6.07) is 9.59. The molecule has 1 unspecified atom stereocenters. The predicted molar refractivity (Wildman–Crippen MR) is 95.3 cm³/mol. The lowest BCUT2D eigenvalue weighted by Gasteiger charge is -2.05. The van der Waals surface area contributed by atoms with Gasteiger partial charge in [-0.2, -0.15) is 0 Å². The number of aromatic hydroxyl groups is 1. The molecule has 0 aliphatic carbocycles. The van der Waals surface area contributed by atoms with Crippen molar-refractivity contribution in [3.8, 4) is 11.4 Å². The zero-order valence-electron chi connectivity index (χ0n) is 9.51. The van der Waals surface area contributed by atoms with Gasteiger partial charge < -0.3 is 5.11 Å². The highest BCUT2D eigenvalue weighted by atomic mass is 127. The fourth-order valence-electron chi connectivity index (χ4n) is 1.74. The van der Waals surface area contributed by atoms with Crippen molar-refractivity contribution in [3.05, 3.63) is 37.5 Å². The van der Waals surface area contributed by atoms with Gasteiger partial charge in [-0.15, -0.1) is 24.2 Å². The van der Waals surface area contributed by atoms with Crippen molar-refractivity contribution in [3.63, 3.8) is 0 Å². The summed E-state index contributed by atoms with van der Waals surface area (Å²) in [4.78, 5) is 1.48. The van der Waals surface area contributed by atoms with E-state index in [0.29, 0.717) is 5.69 Å². The fraction of sp³-hybridized carbons (Fsp3) is 0. The summed E-state index contributed by atoms with van der Waals surface area (Å²) < 4.78 is 1.82. The third-order valence-electron chi connectivity index (χ3n) is 2.63. The van der Waals surface area contributed by atoms with Crippen LogP contribution in [-0.4, -0.2) is 20.1 Å². The molecule has 1 heterocycles. The van der Waals surface area contributed by atoms with Crippen LogP contribution in [0.15, 0.2) is 30.3 Å². The van der Waals surface area contributed by atoms with Crippen molar-refractivity contribution in [2.45, 2.75) is 0 Å². The molecule has 1 aromatic heterocycles. The molecule has 0 bridgehead atoms. The maximum Gasteiger partial charge on any atom is 0.156 e. The lowest BCUT2D eigenvalue weighted by molar-refractivity contribution is 0.464. The van der Waals surface area contributed by atoms with Crippen molar-refractivity contribution in [1.29, 1.82) is 0 Å². The largest absolute Gasteiger partial charge is 0.505 e. The number of halogens is 2. The molecule has 7 heteroatoms. The maximum atomic E-state index is 10.1.